The van der Waals surface area contributed by atoms with Gasteiger partial charge < -0.3 is 4.74 Å². The first-order chi connectivity index (χ1) is 14.1. The number of ether oxygens (including phenoxy) is 1. The Morgan fingerprint density at radius 2 is 1.72 bits per heavy atom. The average Bonchev–Trinajstić information content (AvgIpc) is 3.02. The number of nitrogens with zero attached hydrogens (tertiary/aromatic N) is 1. The van der Waals surface area contributed by atoms with Crippen molar-refractivity contribution in [3.63, 3.8) is 0 Å². The van der Waals surface area contributed by atoms with Gasteiger partial charge in [-0.2, -0.15) is 0 Å². The Morgan fingerprint density at radius 1 is 0.931 bits per heavy atom. The van der Waals surface area contributed by atoms with Crippen LogP contribution < -0.4 is 15.2 Å². The standard InChI is InChI=1S/C24H20N2O3/c1-17-7-5-9-19(13-17)16-29-21-12-6-8-18(14-21)15-22-23(27)25-26(24(22)28)20-10-3-2-4-11-20/h2-15H,16H2,1H3,(H,25,27)/b22-15+. The van der Waals surface area contributed by atoms with Crippen LogP contribution in [0.3, 0.4) is 0 Å². The lowest BCUT2D eigenvalue weighted by Gasteiger charge is -2.13. The lowest BCUT2D eigenvalue weighted by Crippen LogP contribution is -2.35. The van der Waals surface area contributed by atoms with E-state index < -0.39 is 5.91 Å². The molecule has 4 rings (SSSR count). The van der Waals surface area contributed by atoms with Crippen LogP contribution in [-0.4, -0.2) is 11.8 Å². The maximum absolute atomic E-state index is 12.7. The maximum Gasteiger partial charge on any atom is 0.282 e. The molecule has 1 saturated heterocycles. The second-order valence-electron chi connectivity index (χ2n) is 6.83. The van der Waals surface area contributed by atoms with E-state index in [1.807, 2.05) is 67.6 Å². The highest BCUT2D eigenvalue weighted by Crippen LogP contribution is 2.23. The van der Waals surface area contributed by atoms with Crippen molar-refractivity contribution in [2.75, 3.05) is 5.01 Å². The van der Waals surface area contributed by atoms with Gasteiger partial charge in [0.2, 0.25) is 0 Å². The number of amides is 2. The number of hydrogen-bond donors (Lipinski definition) is 1. The highest BCUT2D eigenvalue weighted by atomic mass is 16.5. The normalized spacial score (nSPS) is 14.9. The molecule has 0 bridgehead atoms. The van der Waals surface area contributed by atoms with E-state index in [1.165, 1.54) is 10.6 Å². The molecule has 5 heteroatoms. The van der Waals surface area contributed by atoms with Crippen LogP contribution in [0.5, 0.6) is 5.75 Å². The minimum atomic E-state index is -0.426. The molecule has 1 aliphatic heterocycles. The fourth-order valence-corrected chi connectivity index (χ4v) is 3.15. The minimum absolute atomic E-state index is 0.0877. The van der Waals surface area contributed by atoms with E-state index >= 15 is 0 Å². The summed E-state index contributed by atoms with van der Waals surface area (Å²) in [7, 11) is 0. The molecule has 0 unspecified atom stereocenters. The van der Waals surface area contributed by atoms with Crippen molar-refractivity contribution in [1.82, 2.24) is 5.43 Å². The van der Waals surface area contributed by atoms with Crippen LogP contribution >= 0.6 is 0 Å². The number of hydrogen-bond acceptors (Lipinski definition) is 3. The Hall–Kier alpha value is -3.86. The third kappa shape index (κ3) is 4.19. The van der Waals surface area contributed by atoms with Crippen LogP contribution in [0.1, 0.15) is 16.7 Å². The largest absolute Gasteiger partial charge is 0.489 e. The SMILES string of the molecule is Cc1cccc(COc2cccc(/C=C3\C(=O)NN(c4ccccc4)C3=O)c2)c1. The van der Waals surface area contributed by atoms with Gasteiger partial charge in [0.05, 0.1) is 5.69 Å². The van der Waals surface area contributed by atoms with Crippen LogP contribution in [0, 0.1) is 6.92 Å². The molecule has 0 atom stereocenters. The van der Waals surface area contributed by atoms with Crippen molar-refractivity contribution >= 4 is 23.6 Å². The van der Waals surface area contributed by atoms with E-state index in [0.717, 1.165) is 11.1 Å². The monoisotopic (exact) mass is 384 g/mol. The van der Waals surface area contributed by atoms with E-state index in [2.05, 4.69) is 11.5 Å². The van der Waals surface area contributed by atoms with E-state index in [1.54, 1.807) is 18.2 Å². The highest BCUT2D eigenvalue weighted by molar-refractivity contribution is 6.31. The van der Waals surface area contributed by atoms with E-state index in [-0.39, 0.29) is 11.5 Å². The first-order valence-electron chi connectivity index (χ1n) is 9.31. The van der Waals surface area contributed by atoms with Gasteiger partial charge in [-0.15, -0.1) is 0 Å². The van der Waals surface area contributed by atoms with Crippen LogP contribution in [-0.2, 0) is 16.2 Å². The smallest absolute Gasteiger partial charge is 0.282 e. The molecule has 0 radical (unpaired) electrons. The van der Waals surface area contributed by atoms with Crippen LogP contribution in [0.15, 0.2) is 84.4 Å². The molecule has 1 fully saturated rings. The van der Waals surface area contributed by atoms with Gasteiger partial charge in [-0.25, -0.2) is 5.01 Å². The van der Waals surface area contributed by atoms with E-state index in [9.17, 15) is 9.59 Å². The Kier molecular flexibility index (Phi) is 5.12. The summed E-state index contributed by atoms with van der Waals surface area (Å²) in [5, 5.41) is 1.26. The predicted molar refractivity (Wildman–Crippen MR) is 112 cm³/mol. The molecule has 0 saturated carbocycles. The Labute approximate surface area is 169 Å². The maximum atomic E-state index is 12.7. The van der Waals surface area contributed by atoms with Gasteiger partial charge in [-0.1, -0.05) is 60.2 Å². The van der Waals surface area contributed by atoms with Crippen molar-refractivity contribution in [2.24, 2.45) is 0 Å². The highest BCUT2D eigenvalue weighted by Gasteiger charge is 2.34. The third-order valence-electron chi connectivity index (χ3n) is 4.56. The predicted octanol–water partition coefficient (Wildman–Crippen LogP) is 4.04. The number of nitrogens with one attached hydrogen (secondary N) is 1. The third-order valence-corrected chi connectivity index (χ3v) is 4.56. The molecular formula is C24H20N2O3. The average molecular weight is 384 g/mol. The van der Waals surface area contributed by atoms with Gasteiger partial charge in [0, 0.05) is 0 Å². The van der Waals surface area contributed by atoms with Gasteiger partial charge in [-0.3, -0.25) is 15.0 Å². The summed E-state index contributed by atoms with van der Waals surface area (Å²) in [6.45, 7) is 2.49. The molecule has 0 spiro atoms. The first kappa shape index (κ1) is 18.5. The minimum Gasteiger partial charge on any atom is -0.489 e. The summed E-state index contributed by atoms with van der Waals surface area (Å²) in [5.41, 5.74) is 6.29. The number of carbonyl (C=O) groups excluding carboxylic acids is 2. The van der Waals surface area contributed by atoms with E-state index in [4.69, 9.17) is 4.74 Å². The number of benzene rings is 3. The molecule has 1 aliphatic rings. The fraction of sp³-hybridized carbons (Fsp3) is 0.0833. The summed E-state index contributed by atoms with van der Waals surface area (Å²) in [5.74, 6) is -0.135. The summed E-state index contributed by atoms with van der Waals surface area (Å²) >= 11 is 0. The van der Waals surface area contributed by atoms with E-state index in [0.29, 0.717) is 18.0 Å². The number of anilines is 1. The molecule has 0 aromatic heterocycles. The molecule has 5 nitrogen and oxygen atoms in total. The van der Waals surface area contributed by atoms with Gasteiger partial charge in [0.25, 0.3) is 11.8 Å². The van der Waals surface area contributed by atoms with Crippen molar-refractivity contribution in [3.8, 4) is 5.75 Å². The second kappa shape index (κ2) is 8.02. The van der Waals surface area contributed by atoms with Gasteiger partial charge >= 0.3 is 0 Å². The number of carbonyl (C=O) groups is 2. The summed E-state index contributed by atoms with van der Waals surface area (Å²) in [4.78, 5) is 25.0. The van der Waals surface area contributed by atoms with Crippen LogP contribution in [0.25, 0.3) is 6.08 Å². The quantitative estimate of drug-likeness (QED) is 0.534. The Bertz CT molecular complexity index is 1090. The molecule has 3 aromatic rings. The van der Waals surface area contributed by atoms with Crippen LogP contribution in [0.2, 0.25) is 0 Å². The zero-order valence-electron chi connectivity index (χ0n) is 16.0. The number of para-hydroxylation sites is 1. The lowest BCUT2D eigenvalue weighted by molar-refractivity contribution is -0.117. The number of rotatable bonds is 5. The summed E-state index contributed by atoms with van der Waals surface area (Å²) in [6.07, 6.45) is 1.58. The number of aryl methyl sites for hydroxylation is 1. The molecule has 1 N–H and O–H groups in total. The molecular weight excluding hydrogens is 364 g/mol. The topological polar surface area (TPSA) is 58.6 Å². The fourth-order valence-electron chi connectivity index (χ4n) is 3.15. The molecule has 2 amide bonds. The summed E-state index contributed by atoms with van der Waals surface area (Å²) in [6, 6.07) is 24.5. The molecule has 0 aliphatic carbocycles. The Morgan fingerprint density at radius 3 is 2.52 bits per heavy atom. The first-order valence-corrected chi connectivity index (χ1v) is 9.31. The molecule has 29 heavy (non-hydrogen) atoms. The molecule has 3 aromatic carbocycles. The van der Waals surface area contributed by atoms with Crippen LogP contribution in [0.4, 0.5) is 5.69 Å². The van der Waals surface area contributed by atoms with Crippen molar-refractivity contribution < 1.29 is 14.3 Å². The van der Waals surface area contributed by atoms with Gasteiger partial charge in [0.1, 0.15) is 17.9 Å². The molecule has 144 valence electrons. The van der Waals surface area contributed by atoms with Crippen molar-refractivity contribution in [3.05, 3.63) is 101 Å². The van der Waals surface area contributed by atoms with Gasteiger partial charge in [0.15, 0.2) is 0 Å². The Balaban J connectivity index is 1.51. The van der Waals surface area contributed by atoms with Crippen molar-refractivity contribution in [2.45, 2.75) is 13.5 Å². The number of hydrazine groups is 1. The molecule has 1 heterocycles. The zero-order chi connectivity index (χ0) is 20.2. The van der Waals surface area contributed by atoms with Gasteiger partial charge in [-0.05, 0) is 48.4 Å². The second-order valence-corrected chi connectivity index (χ2v) is 6.83. The zero-order valence-corrected chi connectivity index (χ0v) is 16.0. The van der Waals surface area contributed by atoms with Crippen molar-refractivity contribution in [1.29, 1.82) is 0 Å². The lowest BCUT2D eigenvalue weighted by atomic mass is 10.1. The summed E-state index contributed by atoms with van der Waals surface area (Å²) < 4.78 is 5.87.